The van der Waals surface area contributed by atoms with Gasteiger partial charge in [-0.2, -0.15) is 0 Å². The Morgan fingerprint density at radius 2 is 2.00 bits per heavy atom. The zero-order valence-electron chi connectivity index (χ0n) is 12.2. The Morgan fingerprint density at radius 3 is 2.77 bits per heavy atom. The van der Waals surface area contributed by atoms with E-state index in [4.69, 9.17) is 4.74 Å². The lowest BCUT2D eigenvalue weighted by Crippen LogP contribution is -2.39. The largest absolute Gasteiger partial charge is 0.465 e. The highest BCUT2D eigenvalue weighted by Gasteiger charge is 2.22. The fraction of sp³-hybridized carbons (Fsp3) is 0.250. The van der Waals surface area contributed by atoms with E-state index in [-0.39, 0.29) is 6.03 Å². The molecular formula is C16H16N2O3S. The third-order valence-corrected chi connectivity index (χ3v) is 4.59. The summed E-state index contributed by atoms with van der Waals surface area (Å²) < 4.78 is 4.72. The van der Waals surface area contributed by atoms with Crippen LogP contribution in [0.2, 0.25) is 0 Å². The molecule has 0 saturated carbocycles. The molecule has 0 saturated heterocycles. The molecule has 1 aliphatic rings. The summed E-state index contributed by atoms with van der Waals surface area (Å²) in [7, 11) is 1.33. The number of ether oxygens (including phenoxy) is 1. The number of benzene rings is 1. The molecule has 5 nitrogen and oxygen atoms in total. The fourth-order valence-electron chi connectivity index (χ4n) is 2.52. The van der Waals surface area contributed by atoms with Gasteiger partial charge in [-0.15, -0.1) is 11.3 Å². The molecule has 1 N–H and O–H groups in total. The van der Waals surface area contributed by atoms with Crippen LogP contribution in [0, 0.1) is 0 Å². The lowest BCUT2D eigenvalue weighted by Gasteiger charge is -2.28. The van der Waals surface area contributed by atoms with Crippen LogP contribution < -0.4 is 5.32 Å². The smallest absolute Gasteiger partial charge is 0.350 e. The van der Waals surface area contributed by atoms with Crippen molar-refractivity contribution in [3.63, 3.8) is 0 Å². The molecule has 22 heavy (non-hydrogen) atoms. The van der Waals surface area contributed by atoms with Crippen molar-refractivity contribution in [3.8, 4) is 0 Å². The molecule has 1 aliphatic heterocycles. The number of carbonyl (C=O) groups excluding carboxylic acids is 2. The Labute approximate surface area is 132 Å². The van der Waals surface area contributed by atoms with E-state index in [1.807, 2.05) is 18.2 Å². The number of esters is 1. The minimum Gasteiger partial charge on any atom is -0.465 e. The molecule has 1 aromatic carbocycles. The van der Waals surface area contributed by atoms with E-state index < -0.39 is 5.97 Å². The van der Waals surface area contributed by atoms with Gasteiger partial charge in [0.2, 0.25) is 0 Å². The topological polar surface area (TPSA) is 58.6 Å². The molecule has 2 aromatic rings. The Balaban J connectivity index is 1.71. The number of methoxy groups -OCH3 is 1. The molecule has 0 aliphatic carbocycles. The number of nitrogens with zero attached hydrogens (tertiary/aromatic N) is 1. The lowest BCUT2D eigenvalue weighted by atomic mass is 10.0. The summed E-state index contributed by atoms with van der Waals surface area (Å²) >= 11 is 1.25. The maximum atomic E-state index is 12.4. The molecular weight excluding hydrogens is 300 g/mol. The maximum absolute atomic E-state index is 12.4. The number of rotatable bonds is 2. The number of fused-ring (bicyclic) bond motifs is 1. The van der Waals surface area contributed by atoms with Crippen LogP contribution in [0.1, 0.15) is 20.8 Å². The van der Waals surface area contributed by atoms with E-state index in [2.05, 4.69) is 11.4 Å². The molecule has 1 aromatic heterocycles. The number of anilines is 1. The van der Waals surface area contributed by atoms with Crippen molar-refractivity contribution in [2.45, 2.75) is 13.0 Å². The second-order valence-corrected chi connectivity index (χ2v) is 5.94. The van der Waals surface area contributed by atoms with Crippen molar-refractivity contribution in [3.05, 3.63) is 51.7 Å². The zero-order valence-corrected chi connectivity index (χ0v) is 13.0. The average Bonchev–Trinajstić information content (AvgIpc) is 3.01. The molecule has 0 bridgehead atoms. The predicted molar refractivity (Wildman–Crippen MR) is 85.2 cm³/mol. The molecule has 0 radical (unpaired) electrons. The maximum Gasteiger partial charge on any atom is 0.350 e. The summed E-state index contributed by atoms with van der Waals surface area (Å²) in [5.41, 5.74) is 2.96. The second kappa shape index (κ2) is 6.19. The standard InChI is InChI=1S/C16H16N2O3S/c1-21-15(19)14-13(7-9-22-14)17-16(20)18-8-6-11-4-2-3-5-12(11)10-18/h2-5,7,9H,6,8,10H2,1H3,(H,17,20). The van der Waals surface area contributed by atoms with Gasteiger partial charge >= 0.3 is 12.0 Å². The first-order valence-electron chi connectivity index (χ1n) is 6.97. The van der Waals surface area contributed by atoms with E-state index in [0.29, 0.717) is 23.7 Å². The zero-order chi connectivity index (χ0) is 15.5. The van der Waals surface area contributed by atoms with Crippen LogP contribution in [0.3, 0.4) is 0 Å². The third kappa shape index (κ3) is 2.82. The predicted octanol–water partition coefficient (Wildman–Crippen LogP) is 3.12. The van der Waals surface area contributed by atoms with Crippen LogP contribution in [0.5, 0.6) is 0 Å². The van der Waals surface area contributed by atoms with E-state index in [1.54, 1.807) is 16.3 Å². The summed E-state index contributed by atoms with van der Waals surface area (Å²) in [5, 5.41) is 4.56. The molecule has 3 rings (SSSR count). The number of hydrogen-bond acceptors (Lipinski definition) is 4. The number of nitrogens with one attached hydrogen (secondary N) is 1. The number of carbonyl (C=O) groups is 2. The number of hydrogen-bond donors (Lipinski definition) is 1. The lowest BCUT2D eigenvalue weighted by molar-refractivity contribution is 0.0607. The highest BCUT2D eigenvalue weighted by Crippen LogP contribution is 2.25. The number of urea groups is 1. The van der Waals surface area contributed by atoms with Crippen LogP contribution >= 0.6 is 11.3 Å². The summed E-state index contributed by atoms with van der Waals surface area (Å²) in [6.07, 6.45) is 0.844. The van der Waals surface area contributed by atoms with Gasteiger partial charge < -0.3 is 15.0 Å². The Bertz CT molecular complexity index is 711. The SMILES string of the molecule is COC(=O)c1sccc1NC(=O)N1CCc2ccccc2C1. The first-order chi connectivity index (χ1) is 10.7. The molecule has 0 atom stereocenters. The number of amides is 2. The molecule has 6 heteroatoms. The van der Waals surface area contributed by atoms with Gasteiger partial charge in [-0.3, -0.25) is 0 Å². The first kappa shape index (κ1) is 14.6. The molecule has 2 amide bonds. The monoisotopic (exact) mass is 316 g/mol. The summed E-state index contributed by atoms with van der Waals surface area (Å²) in [5.74, 6) is -0.436. The van der Waals surface area contributed by atoms with Gasteiger partial charge in [-0.1, -0.05) is 24.3 Å². The highest BCUT2D eigenvalue weighted by molar-refractivity contribution is 7.12. The Hall–Kier alpha value is -2.34. The van der Waals surface area contributed by atoms with Gasteiger partial charge in [-0.05, 0) is 29.0 Å². The summed E-state index contributed by atoms with van der Waals surface area (Å²) in [4.78, 5) is 26.2. The molecule has 0 unspecified atom stereocenters. The van der Waals surface area contributed by atoms with Crippen molar-refractivity contribution < 1.29 is 14.3 Å². The fourth-order valence-corrected chi connectivity index (χ4v) is 3.29. The van der Waals surface area contributed by atoms with Crippen LogP contribution in [0.4, 0.5) is 10.5 Å². The van der Waals surface area contributed by atoms with E-state index >= 15 is 0 Å². The van der Waals surface area contributed by atoms with E-state index in [9.17, 15) is 9.59 Å². The number of thiophene rings is 1. The molecule has 114 valence electrons. The summed E-state index contributed by atoms with van der Waals surface area (Å²) in [6, 6.07) is 9.65. The van der Waals surface area contributed by atoms with Crippen LogP contribution in [0.15, 0.2) is 35.7 Å². The van der Waals surface area contributed by atoms with Gasteiger partial charge in [0.05, 0.1) is 12.8 Å². The second-order valence-electron chi connectivity index (χ2n) is 5.03. The highest BCUT2D eigenvalue weighted by atomic mass is 32.1. The van der Waals surface area contributed by atoms with E-state index in [0.717, 1.165) is 6.42 Å². The van der Waals surface area contributed by atoms with Gasteiger partial charge in [-0.25, -0.2) is 9.59 Å². The van der Waals surface area contributed by atoms with Crippen molar-refractivity contribution in [2.75, 3.05) is 19.0 Å². The van der Waals surface area contributed by atoms with Crippen LogP contribution in [-0.2, 0) is 17.7 Å². The third-order valence-electron chi connectivity index (χ3n) is 3.70. The van der Waals surface area contributed by atoms with Crippen molar-refractivity contribution in [1.29, 1.82) is 0 Å². The quantitative estimate of drug-likeness (QED) is 0.866. The minimum atomic E-state index is -0.436. The normalized spacial score (nSPS) is 13.4. The van der Waals surface area contributed by atoms with Gasteiger partial charge in [0.1, 0.15) is 4.88 Å². The van der Waals surface area contributed by atoms with Gasteiger partial charge in [0.15, 0.2) is 0 Å². The van der Waals surface area contributed by atoms with Crippen LogP contribution in [-0.4, -0.2) is 30.6 Å². The Kier molecular flexibility index (Phi) is 4.11. The first-order valence-corrected chi connectivity index (χ1v) is 7.85. The Morgan fingerprint density at radius 1 is 1.23 bits per heavy atom. The minimum absolute atomic E-state index is 0.196. The van der Waals surface area contributed by atoms with E-state index in [1.165, 1.54) is 29.6 Å². The summed E-state index contributed by atoms with van der Waals surface area (Å²) in [6.45, 7) is 1.25. The molecule has 0 fully saturated rings. The van der Waals surface area contributed by atoms with Crippen molar-refractivity contribution >= 4 is 29.0 Å². The molecule has 0 spiro atoms. The van der Waals surface area contributed by atoms with Crippen molar-refractivity contribution in [2.24, 2.45) is 0 Å². The van der Waals surface area contributed by atoms with Gasteiger partial charge in [0.25, 0.3) is 0 Å². The molecule has 2 heterocycles. The van der Waals surface area contributed by atoms with Gasteiger partial charge in [0, 0.05) is 13.1 Å². The van der Waals surface area contributed by atoms with Crippen molar-refractivity contribution in [1.82, 2.24) is 4.90 Å². The average molecular weight is 316 g/mol. The van der Waals surface area contributed by atoms with Crippen LogP contribution in [0.25, 0.3) is 0 Å².